The Morgan fingerprint density at radius 1 is 1.44 bits per heavy atom. The fraction of sp³-hybridized carbons (Fsp3) is 0.308. The number of rotatable bonds is 4. The molecule has 0 aromatic heterocycles. The summed E-state index contributed by atoms with van der Waals surface area (Å²) in [5.41, 5.74) is 2.39. The van der Waals surface area contributed by atoms with Crippen LogP contribution in [0.3, 0.4) is 0 Å². The Hall–Kier alpha value is -1.06. The molecule has 5 heteroatoms. The zero-order chi connectivity index (χ0) is 13.2. The standard InChI is InChI=1S/C13H15O4P/c1-3-16-18(15)9-13(8-17-18)12-6-4-11(5-7-12)10(2)14/h4-7,9H,3,8H2,1-2H3. The number of hydrogen-bond donors (Lipinski definition) is 0. The molecule has 1 aromatic rings. The second-order valence-electron chi connectivity index (χ2n) is 4.02. The lowest BCUT2D eigenvalue weighted by molar-refractivity contribution is -0.211. The van der Waals surface area contributed by atoms with Gasteiger partial charge in [-0.1, -0.05) is 24.3 Å². The van der Waals surface area contributed by atoms with Crippen LogP contribution in [0.15, 0.2) is 30.1 Å². The average molecular weight is 266 g/mol. The van der Waals surface area contributed by atoms with Crippen LogP contribution >= 0.6 is 7.94 Å². The van der Waals surface area contributed by atoms with Crippen LogP contribution < -0.4 is 4.89 Å². The molecule has 18 heavy (non-hydrogen) atoms. The molecule has 1 heterocycles. The molecular formula is C13H15O4P. The molecule has 2 rings (SSSR count). The molecule has 0 fully saturated rings. The average Bonchev–Trinajstić information content (AvgIpc) is 2.72. The van der Waals surface area contributed by atoms with Gasteiger partial charge in [-0.2, -0.15) is 0 Å². The fourth-order valence-electron chi connectivity index (χ4n) is 1.76. The van der Waals surface area contributed by atoms with Gasteiger partial charge in [-0.05, 0) is 19.4 Å². The maximum absolute atomic E-state index is 12.0. The highest BCUT2D eigenvalue weighted by atomic mass is 31.2. The predicted molar refractivity (Wildman–Crippen MR) is 68.9 cm³/mol. The molecule has 1 aromatic carbocycles. The first-order valence-electron chi connectivity index (χ1n) is 5.76. The highest BCUT2D eigenvalue weighted by molar-refractivity contribution is 7.63. The van der Waals surface area contributed by atoms with Crippen molar-refractivity contribution in [3.05, 3.63) is 41.2 Å². The fourth-order valence-corrected chi connectivity index (χ4v) is 3.26. The van der Waals surface area contributed by atoms with Crippen LogP contribution in [0.4, 0.5) is 0 Å². The summed E-state index contributed by atoms with van der Waals surface area (Å²) in [4.78, 5) is 23.2. The van der Waals surface area contributed by atoms with Gasteiger partial charge in [0.25, 0.3) is 7.94 Å². The van der Waals surface area contributed by atoms with Crippen molar-refractivity contribution in [1.29, 1.82) is 0 Å². The third kappa shape index (κ3) is 2.85. The highest BCUT2D eigenvalue weighted by Crippen LogP contribution is 2.60. The summed E-state index contributed by atoms with van der Waals surface area (Å²) >= 11 is 0. The van der Waals surface area contributed by atoms with Crippen molar-refractivity contribution in [2.24, 2.45) is 0 Å². The number of carbonyl (C=O) groups excluding carboxylic acids is 1. The van der Waals surface area contributed by atoms with Gasteiger partial charge in [0.05, 0.1) is 6.61 Å². The van der Waals surface area contributed by atoms with Crippen LogP contribution in [-0.4, -0.2) is 19.0 Å². The summed E-state index contributed by atoms with van der Waals surface area (Å²) in [5, 5.41) is 0. The second-order valence-corrected chi connectivity index (χ2v) is 5.87. The lowest BCUT2D eigenvalue weighted by atomic mass is 10.0. The molecule has 1 aliphatic rings. The van der Waals surface area contributed by atoms with Crippen molar-refractivity contribution < 1.29 is 18.7 Å². The summed E-state index contributed by atoms with van der Waals surface area (Å²) in [5.74, 6) is 1.58. The zero-order valence-electron chi connectivity index (χ0n) is 10.4. The van der Waals surface area contributed by atoms with Crippen LogP contribution in [0.1, 0.15) is 29.8 Å². The topological polar surface area (TPSA) is 58.6 Å². The van der Waals surface area contributed by atoms with Gasteiger partial charge in [-0.15, -0.1) is 0 Å². The number of ketones is 1. The molecule has 0 aliphatic carbocycles. The van der Waals surface area contributed by atoms with E-state index < -0.39 is 7.94 Å². The number of carbonyl (C=O) groups is 1. The van der Waals surface area contributed by atoms with Crippen molar-refractivity contribution in [3.8, 4) is 0 Å². The summed E-state index contributed by atoms with van der Waals surface area (Å²) in [6.45, 7) is 3.92. The molecule has 1 aliphatic heterocycles. The Morgan fingerprint density at radius 2 is 2.11 bits per heavy atom. The van der Waals surface area contributed by atoms with Gasteiger partial charge in [-0.25, -0.2) is 9.05 Å². The smallest absolute Gasteiger partial charge is 0.264 e. The first-order chi connectivity index (χ1) is 8.54. The van der Waals surface area contributed by atoms with Crippen molar-refractivity contribution in [2.45, 2.75) is 13.8 Å². The third-order valence-electron chi connectivity index (χ3n) is 2.69. The number of benzene rings is 1. The van der Waals surface area contributed by atoms with E-state index >= 15 is 0 Å². The molecule has 0 N–H and O–H groups in total. The van der Waals surface area contributed by atoms with Gasteiger partial charge in [0.15, 0.2) is 5.78 Å². The summed E-state index contributed by atoms with van der Waals surface area (Å²) in [6, 6.07) is 7.16. The maximum atomic E-state index is 12.0. The molecule has 0 spiro atoms. The molecule has 0 radical (unpaired) electrons. The van der Waals surface area contributed by atoms with Crippen molar-refractivity contribution in [3.63, 3.8) is 0 Å². The largest absolute Gasteiger partial charge is 0.628 e. The second kappa shape index (κ2) is 5.29. The molecule has 0 amide bonds. The van der Waals surface area contributed by atoms with E-state index in [2.05, 4.69) is 0 Å². The molecule has 0 saturated heterocycles. The van der Waals surface area contributed by atoms with E-state index in [1.807, 2.05) is 12.1 Å². The first-order valence-corrected chi connectivity index (χ1v) is 7.37. The Balaban J connectivity index is 2.20. The lowest BCUT2D eigenvalue weighted by Crippen LogP contribution is -2.10. The van der Waals surface area contributed by atoms with E-state index in [4.69, 9.17) is 9.05 Å². The van der Waals surface area contributed by atoms with Gasteiger partial charge >= 0.3 is 0 Å². The Bertz CT molecular complexity index is 480. The van der Waals surface area contributed by atoms with E-state index in [0.717, 1.165) is 11.1 Å². The minimum atomic E-state index is -3.05. The van der Waals surface area contributed by atoms with E-state index in [1.165, 1.54) is 6.92 Å². The number of hydrogen-bond acceptors (Lipinski definition) is 4. The molecule has 0 saturated carbocycles. The first kappa shape index (κ1) is 13.4. The monoisotopic (exact) mass is 266 g/mol. The number of Topliss-reactive ketones (excluding diaryl/α,β-unsaturated/α-hetero) is 1. The quantitative estimate of drug-likeness (QED) is 0.620. The van der Waals surface area contributed by atoms with Crippen LogP contribution in [0.5, 0.6) is 0 Å². The van der Waals surface area contributed by atoms with Crippen LogP contribution in [0.2, 0.25) is 0 Å². The maximum Gasteiger partial charge on any atom is 0.264 e. The predicted octanol–water partition coefficient (Wildman–Crippen LogP) is 2.42. The molecule has 1 atom stereocenters. The van der Waals surface area contributed by atoms with Crippen molar-refractivity contribution >= 4 is 19.3 Å². The van der Waals surface area contributed by atoms with Crippen LogP contribution in [0, 0.1) is 0 Å². The van der Waals surface area contributed by atoms with Gasteiger partial charge in [0, 0.05) is 11.1 Å². The van der Waals surface area contributed by atoms with Gasteiger partial charge < -0.3 is 4.89 Å². The van der Waals surface area contributed by atoms with E-state index in [-0.39, 0.29) is 12.4 Å². The minimum absolute atomic E-state index is 0.0261. The van der Waals surface area contributed by atoms with E-state index in [0.29, 0.717) is 12.2 Å². The van der Waals surface area contributed by atoms with Crippen LogP contribution in [0.25, 0.3) is 5.57 Å². The van der Waals surface area contributed by atoms with Crippen molar-refractivity contribution in [1.82, 2.24) is 0 Å². The van der Waals surface area contributed by atoms with Crippen LogP contribution in [-0.2, 0) is 9.05 Å². The van der Waals surface area contributed by atoms with Gasteiger partial charge in [-0.3, -0.25) is 4.79 Å². The summed E-state index contributed by atoms with van der Waals surface area (Å²) in [6.07, 6.45) is 0. The molecule has 96 valence electrons. The molecule has 1 unspecified atom stereocenters. The summed E-state index contributed by atoms with van der Waals surface area (Å²) < 4.78 is 10.3. The molecule has 4 nitrogen and oxygen atoms in total. The highest BCUT2D eigenvalue weighted by Gasteiger charge is 2.34. The Labute approximate surface area is 107 Å². The van der Waals surface area contributed by atoms with Gasteiger partial charge in [0.2, 0.25) is 0 Å². The SMILES string of the molecule is CCO[P+]1([O-])C=C(c2ccc(C(C)=O)cc2)CO1. The zero-order valence-corrected chi connectivity index (χ0v) is 11.3. The Kier molecular flexibility index (Phi) is 3.93. The Morgan fingerprint density at radius 3 is 2.67 bits per heavy atom. The molecule has 0 bridgehead atoms. The third-order valence-corrected chi connectivity index (χ3v) is 4.42. The van der Waals surface area contributed by atoms with E-state index in [9.17, 15) is 9.69 Å². The van der Waals surface area contributed by atoms with E-state index in [1.54, 1.807) is 24.9 Å². The van der Waals surface area contributed by atoms with Crippen molar-refractivity contribution in [2.75, 3.05) is 13.2 Å². The molecular weight excluding hydrogens is 251 g/mol. The minimum Gasteiger partial charge on any atom is -0.628 e. The summed E-state index contributed by atoms with van der Waals surface area (Å²) in [7, 11) is -3.05. The van der Waals surface area contributed by atoms with Gasteiger partial charge in [0.1, 0.15) is 12.4 Å². The lowest BCUT2D eigenvalue weighted by Gasteiger charge is -2.17. The normalized spacial score (nSPS) is 22.9.